The second kappa shape index (κ2) is 5.90. The van der Waals surface area contributed by atoms with Crippen molar-refractivity contribution in [3.8, 4) is 0 Å². The van der Waals surface area contributed by atoms with Gasteiger partial charge in [-0.3, -0.25) is 0 Å². The molecule has 1 aromatic carbocycles. The highest BCUT2D eigenvalue weighted by molar-refractivity contribution is 5.45. The molecule has 0 aromatic heterocycles. The van der Waals surface area contributed by atoms with Crippen LogP contribution in [0.25, 0.3) is 0 Å². The molecule has 0 radical (unpaired) electrons. The molecule has 0 atom stereocenters. The number of benzene rings is 1. The van der Waals surface area contributed by atoms with Gasteiger partial charge in [0.15, 0.2) is 0 Å². The molecular formula is C14H21NO. The fourth-order valence-corrected chi connectivity index (χ4v) is 2.11. The van der Waals surface area contributed by atoms with Crippen LogP contribution in [0.2, 0.25) is 0 Å². The number of aryl methyl sites for hydroxylation is 1. The van der Waals surface area contributed by atoms with E-state index in [2.05, 4.69) is 36.5 Å². The van der Waals surface area contributed by atoms with Gasteiger partial charge in [-0.25, -0.2) is 0 Å². The Kier molecular flexibility index (Phi) is 4.23. The van der Waals surface area contributed by atoms with Crippen LogP contribution in [0.15, 0.2) is 24.3 Å². The molecule has 2 rings (SSSR count). The van der Waals surface area contributed by atoms with Crippen LogP contribution in [-0.4, -0.2) is 19.8 Å². The van der Waals surface area contributed by atoms with Crippen LogP contribution < -0.4 is 5.32 Å². The highest BCUT2D eigenvalue weighted by Gasteiger charge is 2.12. The average Bonchev–Trinajstić information content (AvgIpc) is 2.38. The SMILES string of the molecule is CCc1cccc(NCC2CCOCC2)c1. The van der Waals surface area contributed by atoms with Gasteiger partial charge in [0.05, 0.1) is 0 Å². The fourth-order valence-electron chi connectivity index (χ4n) is 2.11. The summed E-state index contributed by atoms with van der Waals surface area (Å²) < 4.78 is 5.36. The molecule has 1 aliphatic rings. The zero-order valence-corrected chi connectivity index (χ0v) is 10.0. The molecule has 0 spiro atoms. The van der Waals surface area contributed by atoms with Crippen molar-refractivity contribution < 1.29 is 4.74 Å². The molecule has 2 nitrogen and oxygen atoms in total. The molecule has 16 heavy (non-hydrogen) atoms. The first-order chi connectivity index (χ1) is 7.88. The van der Waals surface area contributed by atoms with Gasteiger partial charge in [-0.2, -0.15) is 0 Å². The van der Waals surface area contributed by atoms with Gasteiger partial charge in [-0.05, 0) is 42.9 Å². The molecule has 0 unspecified atom stereocenters. The number of anilines is 1. The van der Waals surface area contributed by atoms with Crippen LogP contribution >= 0.6 is 0 Å². The first-order valence-corrected chi connectivity index (χ1v) is 6.29. The minimum Gasteiger partial charge on any atom is -0.385 e. The minimum atomic E-state index is 0.777. The van der Waals surface area contributed by atoms with Crippen molar-refractivity contribution in [1.82, 2.24) is 0 Å². The molecular weight excluding hydrogens is 198 g/mol. The van der Waals surface area contributed by atoms with Gasteiger partial charge in [0.2, 0.25) is 0 Å². The highest BCUT2D eigenvalue weighted by atomic mass is 16.5. The van der Waals surface area contributed by atoms with Crippen molar-refractivity contribution in [3.05, 3.63) is 29.8 Å². The van der Waals surface area contributed by atoms with E-state index in [4.69, 9.17) is 4.74 Å². The lowest BCUT2D eigenvalue weighted by atomic mass is 10.0. The van der Waals surface area contributed by atoms with E-state index in [0.717, 1.165) is 32.1 Å². The number of nitrogens with one attached hydrogen (secondary N) is 1. The predicted octanol–water partition coefficient (Wildman–Crippen LogP) is 3.09. The maximum atomic E-state index is 5.36. The van der Waals surface area contributed by atoms with Crippen molar-refractivity contribution in [1.29, 1.82) is 0 Å². The molecule has 2 heteroatoms. The summed E-state index contributed by atoms with van der Waals surface area (Å²) in [5, 5.41) is 3.53. The van der Waals surface area contributed by atoms with E-state index in [1.165, 1.54) is 24.1 Å². The van der Waals surface area contributed by atoms with Crippen molar-refractivity contribution in [2.45, 2.75) is 26.2 Å². The lowest BCUT2D eigenvalue weighted by molar-refractivity contribution is 0.0699. The van der Waals surface area contributed by atoms with Gasteiger partial charge >= 0.3 is 0 Å². The molecule has 0 saturated carbocycles. The van der Waals surface area contributed by atoms with Gasteiger partial charge < -0.3 is 10.1 Å². The summed E-state index contributed by atoms with van der Waals surface area (Å²) in [6.45, 7) is 5.14. The van der Waals surface area contributed by atoms with E-state index in [1.54, 1.807) is 0 Å². The van der Waals surface area contributed by atoms with Gasteiger partial charge in [0.25, 0.3) is 0 Å². The zero-order chi connectivity index (χ0) is 11.2. The summed E-state index contributed by atoms with van der Waals surface area (Å²) in [6, 6.07) is 8.71. The van der Waals surface area contributed by atoms with Crippen molar-refractivity contribution in [2.75, 3.05) is 25.1 Å². The summed E-state index contributed by atoms with van der Waals surface area (Å²) >= 11 is 0. The lowest BCUT2D eigenvalue weighted by Gasteiger charge is -2.22. The third-order valence-corrected chi connectivity index (χ3v) is 3.27. The topological polar surface area (TPSA) is 21.3 Å². The normalized spacial score (nSPS) is 17.3. The standard InChI is InChI=1S/C14H21NO/c1-2-12-4-3-5-14(10-12)15-11-13-6-8-16-9-7-13/h3-5,10,13,15H,2,6-9,11H2,1H3. The van der Waals surface area contributed by atoms with E-state index in [1.807, 2.05) is 0 Å². The molecule has 1 saturated heterocycles. The molecule has 1 heterocycles. The van der Waals surface area contributed by atoms with Gasteiger partial charge in [-0.1, -0.05) is 19.1 Å². The second-order valence-corrected chi connectivity index (χ2v) is 4.49. The molecule has 1 fully saturated rings. The maximum Gasteiger partial charge on any atom is 0.0469 e. The van der Waals surface area contributed by atoms with Gasteiger partial charge in [-0.15, -0.1) is 0 Å². The van der Waals surface area contributed by atoms with Crippen LogP contribution in [-0.2, 0) is 11.2 Å². The zero-order valence-electron chi connectivity index (χ0n) is 10.0. The third-order valence-electron chi connectivity index (χ3n) is 3.27. The van der Waals surface area contributed by atoms with Gasteiger partial charge in [0, 0.05) is 25.4 Å². The fraction of sp³-hybridized carbons (Fsp3) is 0.571. The van der Waals surface area contributed by atoms with Crippen molar-refractivity contribution in [2.24, 2.45) is 5.92 Å². The Morgan fingerprint density at radius 2 is 2.12 bits per heavy atom. The Hall–Kier alpha value is -1.02. The summed E-state index contributed by atoms with van der Waals surface area (Å²) in [7, 11) is 0. The van der Waals surface area contributed by atoms with Gasteiger partial charge in [0.1, 0.15) is 0 Å². The van der Waals surface area contributed by atoms with Crippen molar-refractivity contribution >= 4 is 5.69 Å². The summed E-state index contributed by atoms with van der Waals surface area (Å²) in [4.78, 5) is 0. The maximum absolute atomic E-state index is 5.36. The van der Waals surface area contributed by atoms with Crippen LogP contribution in [0.4, 0.5) is 5.69 Å². The Morgan fingerprint density at radius 3 is 2.88 bits per heavy atom. The van der Waals surface area contributed by atoms with Crippen molar-refractivity contribution in [3.63, 3.8) is 0 Å². The third kappa shape index (κ3) is 3.24. The first kappa shape index (κ1) is 11.5. The number of rotatable bonds is 4. The molecule has 1 aromatic rings. The van der Waals surface area contributed by atoms with Crippen LogP contribution in [0, 0.1) is 5.92 Å². The quantitative estimate of drug-likeness (QED) is 0.840. The Labute approximate surface area is 98.0 Å². The first-order valence-electron chi connectivity index (χ1n) is 6.29. The van der Waals surface area contributed by atoms with Crippen LogP contribution in [0.1, 0.15) is 25.3 Å². The number of hydrogen-bond acceptors (Lipinski definition) is 2. The van der Waals surface area contributed by atoms with E-state index < -0.39 is 0 Å². The second-order valence-electron chi connectivity index (χ2n) is 4.49. The molecule has 0 bridgehead atoms. The lowest BCUT2D eigenvalue weighted by Crippen LogP contribution is -2.22. The Morgan fingerprint density at radius 1 is 1.31 bits per heavy atom. The molecule has 1 aliphatic heterocycles. The monoisotopic (exact) mass is 219 g/mol. The van der Waals surface area contributed by atoms with E-state index in [-0.39, 0.29) is 0 Å². The van der Waals surface area contributed by atoms with Crippen LogP contribution in [0.3, 0.4) is 0 Å². The predicted molar refractivity (Wildman–Crippen MR) is 67.9 cm³/mol. The average molecular weight is 219 g/mol. The molecule has 1 N–H and O–H groups in total. The molecule has 88 valence electrons. The number of ether oxygens (including phenoxy) is 1. The smallest absolute Gasteiger partial charge is 0.0469 e. The largest absolute Gasteiger partial charge is 0.385 e. The Balaban J connectivity index is 1.83. The van der Waals surface area contributed by atoms with E-state index in [9.17, 15) is 0 Å². The minimum absolute atomic E-state index is 0.777. The highest BCUT2D eigenvalue weighted by Crippen LogP contribution is 2.17. The van der Waals surface area contributed by atoms with E-state index >= 15 is 0 Å². The van der Waals surface area contributed by atoms with Crippen LogP contribution in [0.5, 0.6) is 0 Å². The molecule has 0 amide bonds. The summed E-state index contributed by atoms with van der Waals surface area (Å²) in [5.74, 6) is 0.777. The van der Waals surface area contributed by atoms with E-state index in [0.29, 0.717) is 0 Å². The number of hydrogen-bond donors (Lipinski definition) is 1. The molecule has 0 aliphatic carbocycles. The Bertz CT molecular complexity index is 318. The summed E-state index contributed by atoms with van der Waals surface area (Å²) in [6.07, 6.45) is 3.49. The summed E-state index contributed by atoms with van der Waals surface area (Å²) in [5.41, 5.74) is 2.66.